The molecular formula is C18H33N5S. The maximum Gasteiger partial charge on any atom is 0.146 e. The number of hydrogen-bond acceptors (Lipinski definition) is 5. The molecule has 5 nitrogen and oxygen atoms in total. The first-order valence-corrected chi connectivity index (χ1v) is 11.0. The zero-order valence-corrected chi connectivity index (χ0v) is 16.2. The van der Waals surface area contributed by atoms with Crippen molar-refractivity contribution in [2.24, 2.45) is 7.05 Å². The molecule has 1 aromatic heterocycles. The Morgan fingerprint density at radius 3 is 2.62 bits per heavy atom. The van der Waals surface area contributed by atoms with Crippen molar-refractivity contribution >= 4 is 11.8 Å². The highest BCUT2D eigenvalue weighted by Crippen LogP contribution is 2.26. The molecule has 1 aromatic rings. The summed E-state index contributed by atoms with van der Waals surface area (Å²) in [5, 5.41) is 9.13. The average molecular weight is 352 g/mol. The largest absolute Gasteiger partial charge is 0.317 e. The Hall–Kier alpha value is -0.590. The first kappa shape index (κ1) is 18.2. The highest BCUT2D eigenvalue weighted by atomic mass is 32.2. The molecule has 0 amide bonds. The summed E-state index contributed by atoms with van der Waals surface area (Å²) in [7, 11) is 2.17. The van der Waals surface area contributed by atoms with E-state index in [1.54, 1.807) is 0 Å². The fraction of sp³-hybridized carbons (Fsp3) is 0.889. The lowest BCUT2D eigenvalue weighted by Crippen LogP contribution is -2.36. The van der Waals surface area contributed by atoms with Crippen LogP contribution in [0, 0.1) is 0 Å². The standard InChI is InChI=1S/C18H33N5S/c1-21-17(15-23-9-4-3-5-10-23)19-20-18(21)16-8-6-11-22(14-16)12-7-13-24-2/h16H,3-15H2,1-2H3/t16-/m1/s1. The molecular weight excluding hydrogens is 318 g/mol. The molecule has 24 heavy (non-hydrogen) atoms. The Balaban J connectivity index is 1.57. The zero-order valence-electron chi connectivity index (χ0n) is 15.4. The SMILES string of the molecule is CSCCCN1CCC[C@@H](c2nnc(CN3CCCCC3)n2C)C1. The van der Waals surface area contributed by atoms with Crippen molar-refractivity contribution in [2.75, 3.05) is 44.7 Å². The summed E-state index contributed by atoms with van der Waals surface area (Å²) in [6.07, 6.45) is 10.1. The van der Waals surface area contributed by atoms with Crippen molar-refractivity contribution in [3.8, 4) is 0 Å². The minimum atomic E-state index is 0.556. The van der Waals surface area contributed by atoms with E-state index < -0.39 is 0 Å². The van der Waals surface area contributed by atoms with E-state index in [0.717, 1.165) is 18.9 Å². The number of likely N-dealkylation sites (tertiary alicyclic amines) is 2. The van der Waals surface area contributed by atoms with Gasteiger partial charge in [0, 0.05) is 19.5 Å². The predicted molar refractivity (Wildman–Crippen MR) is 102 cm³/mol. The molecule has 2 aliphatic heterocycles. The van der Waals surface area contributed by atoms with Gasteiger partial charge >= 0.3 is 0 Å². The van der Waals surface area contributed by atoms with Crippen LogP contribution in [-0.4, -0.2) is 69.3 Å². The van der Waals surface area contributed by atoms with Gasteiger partial charge in [-0.1, -0.05) is 6.42 Å². The van der Waals surface area contributed by atoms with Gasteiger partial charge in [-0.05, 0) is 70.3 Å². The Morgan fingerprint density at radius 2 is 1.83 bits per heavy atom. The van der Waals surface area contributed by atoms with Gasteiger partial charge < -0.3 is 9.47 Å². The summed E-state index contributed by atoms with van der Waals surface area (Å²) in [6, 6.07) is 0. The van der Waals surface area contributed by atoms with E-state index in [2.05, 4.69) is 37.9 Å². The molecule has 0 aliphatic carbocycles. The third-order valence-electron chi connectivity index (χ3n) is 5.51. The molecule has 0 aromatic carbocycles. The average Bonchev–Trinajstić information content (AvgIpc) is 2.97. The van der Waals surface area contributed by atoms with Crippen LogP contribution in [0.25, 0.3) is 0 Å². The first-order chi connectivity index (χ1) is 11.8. The molecule has 1 atom stereocenters. The number of aromatic nitrogens is 3. The van der Waals surface area contributed by atoms with E-state index in [-0.39, 0.29) is 0 Å². The maximum absolute atomic E-state index is 4.59. The van der Waals surface area contributed by atoms with Gasteiger partial charge in [-0.25, -0.2) is 0 Å². The summed E-state index contributed by atoms with van der Waals surface area (Å²) in [5.74, 6) is 4.18. The number of hydrogen-bond donors (Lipinski definition) is 0. The van der Waals surface area contributed by atoms with E-state index in [9.17, 15) is 0 Å². The van der Waals surface area contributed by atoms with E-state index >= 15 is 0 Å². The third kappa shape index (κ3) is 4.73. The molecule has 0 unspecified atom stereocenters. The first-order valence-electron chi connectivity index (χ1n) is 9.59. The molecule has 136 valence electrons. The summed E-state index contributed by atoms with van der Waals surface area (Å²) in [5.41, 5.74) is 0. The second kappa shape index (κ2) is 9.20. The third-order valence-corrected chi connectivity index (χ3v) is 6.20. The molecule has 0 N–H and O–H groups in total. The monoisotopic (exact) mass is 351 g/mol. The quantitative estimate of drug-likeness (QED) is 0.706. The second-order valence-electron chi connectivity index (χ2n) is 7.36. The predicted octanol–water partition coefficient (Wildman–Crippen LogP) is 2.73. The van der Waals surface area contributed by atoms with Gasteiger partial charge in [0.2, 0.25) is 0 Å². The van der Waals surface area contributed by atoms with Crippen LogP contribution < -0.4 is 0 Å². The number of nitrogens with zero attached hydrogens (tertiary/aromatic N) is 5. The van der Waals surface area contributed by atoms with Crippen molar-refractivity contribution in [1.29, 1.82) is 0 Å². The lowest BCUT2D eigenvalue weighted by Gasteiger charge is -2.32. The highest BCUT2D eigenvalue weighted by molar-refractivity contribution is 7.98. The van der Waals surface area contributed by atoms with Crippen LogP contribution in [-0.2, 0) is 13.6 Å². The summed E-state index contributed by atoms with van der Waals surface area (Å²) >= 11 is 1.95. The summed E-state index contributed by atoms with van der Waals surface area (Å²) < 4.78 is 2.28. The zero-order chi connectivity index (χ0) is 16.8. The molecule has 2 saturated heterocycles. The van der Waals surface area contributed by atoms with E-state index in [1.165, 1.54) is 76.3 Å². The Bertz CT molecular complexity index is 498. The van der Waals surface area contributed by atoms with Gasteiger partial charge in [0.1, 0.15) is 11.6 Å². The number of piperidine rings is 2. The molecule has 3 heterocycles. The van der Waals surface area contributed by atoms with E-state index in [1.807, 2.05) is 11.8 Å². The van der Waals surface area contributed by atoms with Gasteiger partial charge in [0.05, 0.1) is 6.54 Å². The minimum Gasteiger partial charge on any atom is -0.317 e. The van der Waals surface area contributed by atoms with E-state index in [4.69, 9.17) is 0 Å². The Labute approximate surface area is 151 Å². The topological polar surface area (TPSA) is 37.2 Å². The molecule has 2 aliphatic rings. The van der Waals surface area contributed by atoms with E-state index in [0.29, 0.717) is 5.92 Å². The summed E-state index contributed by atoms with van der Waals surface area (Å²) in [4.78, 5) is 5.16. The van der Waals surface area contributed by atoms with Crippen LogP contribution in [0.3, 0.4) is 0 Å². The lowest BCUT2D eigenvalue weighted by atomic mass is 9.97. The van der Waals surface area contributed by atoms with Crippen molar-refractivity contribution in [3.05, 3.63) is 11.6 Å². The van der Waals surface area contributed by atoms with Gasteiger partial charge in [0.25, 0.3) is 0 Å². The van der Waals surface area contributed by atoms with Gasteiger partial charge in [-0.15, -0.1) is 10.2 Å². The van der Waals surface area contributed by atoms with Crippen LogP contribution in [0.15, 0.2) is 0 Å². The van der Waals surface area contributed by atoms with Gasteiger partial charge in [-0.2, -0.15) is 11.8 Å². The normalized spacial score (nSPS) is 23.7. The summed E-state index contributed by atoms with van der Waals surface area (Å²) in [6.45, 7) is 7.04. The number of rotatable bonds is 7. The van der Waals surface area contributed by atoms with Crippen LogP contribution in [0.5, 0.6) is 0 Å². The van der Waals surface area contributed by atoms with Gasteiger partial charge in [0.15, 0.2) is 0 Å². The molecule has 0 radical (unpaired) electrons. The van der Waals surface area contributed by atoms with Crippen molar-refractivity contribution in [1.82, 2.24) is 24.6 Å². The molecule has 0 bridgehead atoms. The van der Waals surface area contributed by atoms with Crippen LogP contribution in [0.4, 0.5) is 0 Å². The van der Waals surface area contributed by atoms with Crippen LogP contribution in [0.2, 0.25) is 0 Å². The maximum atomic E-state index is 4.59. The van der Waals surface area contributed by atoms with Crippen molar-refractivity contribution in [3.63, 3.8) is 0 Å². The van der Waals surface area contributed by atoms with Crippen LogP contribution in [0.1, 0.15) is 56.1 Å². The molecule has 0 saturated carbocycles. The Morgan fingerprint density at radius 1 is 1.04 bits per heavy atom. The van der Waals surface area contributed by atoms with Crippen molar-refractivity contribution < 1.29 is 0 Å². The van der Waals surface area contributed by atoms with Gasteiger partial charge in [-0.3, -0.25) is 4.90 Å². The highest BCUT2D eigenvalue weighted by Gasteiger charge is 2.26. The minimum absolute atomic E-state index is 0.556. The fourth-order valence-corrected chi connectivity index (χ4v) is 4.51. The van der Waals surface area contributed by atoms with Crippen LogP contribution >= 0.6 is 11.8 Å². The smallest absolute Gasteiger partial charge is 0.146 e. The number of thioether (sulfide) groups is 1. The molecule has 6 heteroatoms. The molecule has 0 spiro atoms. The van der Waals surface area contributed by atoms with Crippen molar-refractivity contribution in [2.45, 2.75) is 51.0 Å². The fourth-order valence-electron chi connectivity index (χ4n) is 4.09. The lowest BCUT2D eigenvalue weighted by molar-refractivity contribution is 0.201. The Kier molecular flexibility index (Phi) is 6.98. The molecule has 2 fully saturated rings. The molecule has 3 rings (SSSR count). The second-order valence-corrected chi connectivity index (χ2v) is 8.34.